The second-order valence-electron chi connectivity index (χ2n) is 5.11. The normalized spacial score (nSPS) is 27.9. The van der Waals surface area contributed by atoms with Gasteiger partial charge in [0.05, 0.1) is 6.10 Å². The molecule has 2 nitrogen and oxygen atoms in total. The quantitative estimate of drug-likeness (QED) is 0.677. The molecule has 0 aliphatic heterocycles. The molecule has 2 heteroatoms. The maximum Gasteiger partial charge on any atom is 0.0569 e. The molecule has 1 aliphatic carbocycles. The van der Waals surface area contributed by atoms with Crippen molar-refractivity contribution in [1.82, 2.24) is 0 Å². The van der Waals surface area contributed by atoms with Gasteiger partial charge in [0.1, 0.15) is 0 Å². The van der Waals surface area contributed by atoms with Gasteiger partial charge < -0.3 is 9.84 Å². The predicted molar refractivity (Wildman–Crippen MR) is 67.5 cm³/mol. The van der Waals surface area contributed by atoms with E-state index in [-0.39, 0.29) is 6.10 Å². The number of aliphatic hydroxyl groups is 1. The average Bonchev–Trinajstić information content (AvgIpc) is 2.34. The lowest BCUT2D eigenvalue weighted by Gasteiger charge is -2.31. The fourth-order valence-corrected chi connectivity index (χ4v) is 2.83. The van der Waals surface area contributed by atoms with Gasteiger partial charge in [-0.3, -0.25) is 0 Å². The Hall–Kier alpha value is -0.0800. The molecule has 96 valence electrons. The van der Waals surface area contributed by atoms with E-state index >= 15 is 0 Å². The zero-order valence-electron chi connectivity index (χ0n) is 11.0. The second-order valence-corrected chi connectivity index (χ2v) is 5.11. The molecule has 16 heavy (non-hydrogen) atoms. The lowest BCUT2D eigenvalue weighted by molar-refractivity contribution is 0.0498. The summed E-state index contributed by atoms with van der Waals surface area (Å²) in [4.78, 5) is 0. The number of ether oxygens (including phenoxy) is 1. The number of rotatable bonds is 7. The minimum atomic E-state index is -0.0881. The topological polar surface area (TPSA) is 29.5 Å². The van der Waals surface area contributed by atoms with Crippen LogP contribution < -0.4 is 0 Å². The van der Waals surface area contributed by atoms with Crippen LogP contribution in [0.3, 0.4) is 0 Å². The van der Waals surface area contributed by atoms with Crippen LogP contribution in [0.25, 0.3) is 0 Å². The third kappa shape index (κ3) is 4.84. The van der Waals surface area contributed by atoms with Gasteiger partial charge in [-0.25, -0.2) is 0 Å². The maximum absolute atomic E-state index is 10.1. The molecule has 0 aromatic heterocycles. The molecule has 0 spiro atoms. The lowest BCUT2D eigenvalue weighted by atomic mass is 9.77. The summed E-state index contributed by atoms with van der Waals surface area (Å²) in [7, 11) is 0. The Morgan fingerprint density at radius 2 is 2.12 bits per heavy atom. The van der Waals surface area contributed by atoms with E-state index in [1.54, 1.807) is 0 Å². The molecule has 0 bridgehead atoms. The van der Waals surface area contributed by atoms with E-state index in [0.717, 1.165) is 32.0 Å². The minimum Gasteiger partial charge on any atom is -0.393 e. The Morgan fingerprint density at radius 3 is 2.81 bits per heavy atom. The van der Waals surface area contributed by atoms with Crippen molar-refractivity contribution >= 4 is 0 Å². The van der Waals surface area contributed by atoms with Gasteiger partial charge in [-0.1, -0.05) is 26.2 Å². The highest BCUT2D eigenvalue weighted by Gasteiger charge is 2.25. The number of hydrogen-bond acceptors (Lipinski definition) is 2. The number of aliphatic hydroxyl groups excluding tert-OH is 1. The van der Waals surface area contributed by atoms with Gasteiger partial charge in [0.2, 0.25) is 0 Å². The molecular weight excluding hydrogens is 200 g/mol. The summed E-state index contributed by atoms with van der Waals surface area (Å²) in [5, 5.41) is 10.1. The zero-order valence-corrected chi connectivity index (χ0v) is 11.0. The summed E-state index contributed by atoms with van der Waals surface area (Å²) < 4.78 is 5.30. The molecule has 0 aromatic rings. The van der Waals surface area contributed by atoms with E-state index in [1.807, 2.05) is 6.92 Å². The van der Waals surface area contributed by atoms with Crippen LogP contribution in [0.4, 0.5) is 0 Å². The van der Waals surface area contributed by atoms with Crippen LogP contribution in [0.15, 0.2) is 0 Å². The van der Waals surface area contributed by atoms with Crippen molar-refractivity contribution in [2.75, 3.05) is 13.2 Å². The van der Waals surface area contributed by atoms with Crippen molar-refractivity contribution < 1.29 is 9.84 Å². The smallest absolute Gasteiger partial charge is 0.0569 e. The Labute approximate surface area is 100 Å². The molecule has 0 radical (unpaired) electrons. The first-order valence-electron chi connectivity index (χ1n) is 7.03. The Balaban J connectivity index is 2.16. The van der Waals surface area contributed by atoms with Crippen LogP contribution in [0.2, 0.25) is 0 Å². The van der Waals surface area contributed by atoms with Gasteiger partial charge in [0.15, 0.2) is 0 Å². The first kappa shape index (κ1) is 14.0. The fourth-order valence-electron chi connectivity index (χ4n) is 2.83. The van der Waals surface area contributed by atoms with Crippen molar-refractivity contribution in [2.24, 2.45) is 11.8 Å². The lowest BCUT2D eigenvalue weighted by Crippen LogP contribution is -2.26. The van der Waals surface area contributed by atoms with E-state index < -0.39 is 0 Å². The van der Waals surface area contributed by atoms with E-state index in [4.69, 9.17) is 4.74 Å². The van der Waals surface area contributed by atoms with Crippen molar-refractivity contribution in [3.05, 3.63) is 0 Å². The van der Waals surface area contributed by atoms with Crippen molar-refractivity contribution in [2.45, 2.75) is 64.9 Å². The van der Waals surface area contributed by atoms with Crippen LogP contribution >= 0.6 is 0 Å². The molecule has 3 atom stereocenters. The molecule has 0 aromatic carbocycles. The van der Waals surface area contributed by atoms with Crippen LogP contribution in [-0.4, -0.2) is 24.4 Å². The molecule has 1 saturated carbocycles. The Morgan fingerprint density at radius 1 is 1.31 bits per heavy atom. The molecule has 3 unspecified atom stereocenters. The standard InChI is InChI=1S/C14H28O2/c1-3-12-7-5-8-13(11-12)14(15)9-6-10-16-4-2/h12-15H,3-11H2,1-2H3. The maximum atomic E-state index is 10.1. The zero-order chi connectivity index (χ0) is 11.8. The molecule has 1 N–H and O–H groups in total. The molecule has 0 saturated heterocycles. The fraction of sp³-hybridized carbons (Fsp3) is 1.00. The summed E-state index contributed by atoms with van der Waals surface area (Å²) in [6.07, 6.45) is 8.27. The second kappa shape index (κ2) is 8.08. The van der Waals surface area contributed by atoms with Crippen molar-refractivity contribution in [3.8, 4) is 0 Å². The summed E-state index contributed by atoms with van der Waals surface area (Å²) in [5.74, 6) is 1.42. The largest absolute Gasteiger partial charge is 0.393 e. The summed E-state index contributed by atoms with van der Waals surface area (Å²) in [6, 6.07) is 0. The monoisotopic (exact) mass is 228 g/mol. The third-order valence-electron chi connectivity index (χ3n) is 3.94. The summed E-state index contributed by atoms with van der Waals surface area (Å²) >= 11 is 0. The van der Waals surface area contributed by atoms with Gasteiger partial charge in [-0.2, -0.15) is 0 Å². The molecule has 0 amide bonds. The molecular formula is C14H28O2. The van der Waals surface area contributed by atoms with E-state index in [1.165, 1.54) is 32.1 Å². The molecule has 0 heterocycles. The first-order valence-corrected chi connectivity index (χ1v) is 7.03. The van der Waals surface area contributed by atoms with Gasteiger partial charge >= 0.3 is 0 Å². The van der Waals surface area contributed by atoms with Crippen molar-refractivity contribution in [3.63, 3.8) is 0 Å². The van der Waals surface area contributed by atoms with Gasteiger partial charge in [-0.05, 0) is 44.4 Å². The van der Waals surface area contributed by atoms with Crippen LogP contribution in [0.1, 0.15) is 58.8 Å². The Bertz CT molecular complexity index is 170. The van der Waals surface area contributed by atoms with Gasteiger partial charge in [0.25, 0.3) is 0 Å². The number of hydrogen-bond donors (Lipinski definition) is 1. The molecule has 1 fully saturated rings. The van der Waals surface area contributed by atoms with Crippen LogP contribution in [0, 0.1) is 11.8 Å². The summed E-state index contributed by atoms with van der Waals surface area (Å²) in [6.45, 7) is 5.88. The SMILES string of the molecule is CCOCCCC(O)C1CCCC(CC)C1. The first-order chi connectivity index (χ1) is 7.77. The minimum absolute atomic E-state index is 0.0881. The van der Waals surface area contributed by atoms with Crippen molar-refractivity contribution in [1.29, 1.82) is 0 Å². The average molecular weight is 228 g/mol. The highest BCUT2D eigenvalue weighted by atomic mass is 16.5. The third-order valence-corrected chi connectivity index (χ3v) is 3.94. The highest BCUT2D eigenvalue weighted by Crippen LogP contribution is 2.33. The van der Waals surface area contributed by atoms with Crippen LogP contribution in [-0.2, 0) is 4.74 Å². The van der Waals surface area contributed by atoms with Crippen LogP contribution in [0.5, 0.6) is 0 Å². The van der Waals surface area contributed by atoms with Gasteiger partial charge in [0, 0.05) is 13.2 Å². The molecule has 1 rings (SSSR count). The Kier molecular flexibility index (Phi) is 7.06. The molecule has 1 aliphatic rings. The van der Waals surface area contributed by atoms with E-state index in [2.05, 4.69) is 6.92 Å². The summed E-state index contributed by atoms with van der Waals surface area (Å²) in [5.41, 5.74) is 0. The highest BCUT2D eigenvalue weighted by molar-refractivity contribution is 4.77. The van der Waals surface area contributed by atoms with E-state index in [0.29, 0.717) is 5.92 Å². The van der Waals surface area contributed by atoms with E-state index in [9.17, 15) is 5.11 Å². The predicted octanol–water partition coefficient (Wildman–Crippen LogP) is 3.38. The van der Waals surface area contributed by atoms with Gasteiger partial charge in [-0.15, -0.1) is 0 Å².